The van der Waals surface area contributed by atoms with Crippen LogP contribution >= 0.6 is 0 Å². The molecule has 9 heavy (non-hydrogen) atoms. The first-order valence-corrected chi connectivity index (χ1v) is 16.7. The van der Waals surface area contributed by atoms with Gasteiger partial charge >= 0.3 is 48.5 Å². The Morgan fingerprint density at radius 3 is 0.889 bits per heavy atom. The maximum absolute atomic E-state index is 9.77. The SMILES string of the molecule is [O]=[Ti](=[O])[Ta](=[O])(=[O])(=[O])(=[O])=[O]. The van der Waals surface area contributed by atoms with E-state index in [1.807, 2.05) is 0 Å². The zero-order valence-corrected chi connectivity index (χ0v) is 8.58. The molecule has 0 N–H and O–H groups in total. The van der Waals surface area contributed by atoms with E-state index in [9.17, 15) is 22.9 Å². The number of hydrogen-bond donors (Lipinski definition) is 0. The summed E-state index contributed by atoms with van der Waals surface area (Å²) < 4.78 is 65.6. The third-order valence-electron chi connectivity index (χ3n) is 0.373. The first kappa shape index (κ1) is 9.05. The van der Waals surface area contributed by atoms with Crippen LogP contribution in [0.4, 0.5) is 0 Å². The van der Waals surface area contributed by atoms with Crippen LogP contribution in [0.25, 0.3) is 0 Å². The van der Waals surface area contributed by atoms with Gasteiger partial charge in [-0.3, -0.25) is 0 Å². The molecule has 0 unspecified atom stereocenters. The molecule has 0 spiro atoms. The molecule has 0 aliphatic rings. The van der Waals surface area contributed by atoms with Crippen molar-refractivity contribution in [3.8, 4) is 0 Å². The summed E-state index contributed by atoms with van der Waals surface area (Å²) in [6, 6.07) is 0. The van der Waals surface area contributed by atoms with E-state index in [1.54, 1.807) is 0 Å². The fraction of sp³-hybridized carbons (Fsp3) is 0. The minimum absolute atomic E-state index is 5.92. The van der Waals surface area contributed by atoms with Crippen molar-refractivity contribution in [3.05, 3.63) is 0 Å². The zero-order valence-electron chi connectivity index (χ0n) is 3.80. The van der Waals surface area contributed by atoms with E-state index >= 15 is 0 Å². The fourth-order valence-corrected chi connectivity index (χ4v) is 0. The minimum atomic E-state index is -9.77. The fourth-order valence-electron chi connectivity index (χ4n) is 0. The molecule has 9 heteroatoms. The molecule has 0 bridgehead atoms. The van der Waals surface area contributed by atoms with Crippen LogP contribution in [0.2, 0.25) is 0 Å². The molecule has 0 saturated carbocycles. The third-order valence-corrected chi connectivity index (χ3v) is 12.6. The molecule has 0 aliphatic carbocycles. The van der Waals surface area contributed by atoms with Gasteiger partial charge in [-0.1, -0.05) is 0 Å². The summed E-state index contributed by atoms with van der Waals surface area (Å²) in [4.78, 5) is 0. The molecule has 51 valence electrons. The van der Waals surface area contributed by atoms with Crippen molar-refractivity contribution in [2.75, 3.05) is 0 Å². The molecule has 0 amide bonds. The van der Waals surface area contributed by atoms with Crippen molar-refractivity contribution in [1.82, 2.24) is 0 Å². The Hall–Kier alpha value is 0.0545. The van der Waals surface area contributed by atoms with Gasteiger partial charge < -0.3 is 0 Å². The van der Waals surface area contributed by atoms with Crippen LogP contribution < -0.4 is 0 Å². The van der Waals surface area contributed by atoms with Gasteiger partial charge in [-0.05, 0) is 0 Å². The van der Waals surface area contributed by atoms with Crippen LogP contribution in [0.3, 0.4) is 0 Å². The van der Waals surface area contributed by atoms with E-state index in [0.717, 1.165) is 0 Å². The summed E-state index contributed by atoms with van der Waals surface area (Å²) in [6.45, 7) is 0. The maximum atomic E-state index is 9.39. The number of hydrogen-bond acceptors (Lipinski definition) is 7. The second kappa shape index (κ2) is 1.23. The summed E-state index contributed by atoms with van der Waals surface area (Å²) in [5.41, 5.74) is 0. The summed E-state index contributed by atoms with van der Waals surface area (Å²) in [5, 5.41) is 0. The van der Waals surface area contributed by atoms with Gasteiger partial charge in [-0.2, -0.15) is 0 Å². The van der Waals surface area contributed by atoms with Gasteiger partial charge in [-0.15, -0.1) is 0 Å². The zero-order chi connectivity index (χ0) is 7.99. The molecule has 0 radical (unpaired) electrons. The first-order chi connectivity index (χ1) is 3.43. The molecule has 0 rings (SSSR count). The van der Waals surface area contributed by atoms with Gasteiger partial charge in [0.25, 0.3) is 0 Å². The average Bonchev–Trinajstić information content (AvgIpc) is 1.24. The molecular formula is O7TaTi. The first-order valence-electron chi connectivity index (χ1n) is 1.54. The Kier molecular flexibility index (Phi) is 1.24. The third kappa shape index (κ3) is 2.92. The quantitative estimate of drug-likeness (QED) is 0.571. The summed E-state index contributed by atoms with van der Waals surface area (Å²) in [6.07, 6.45) is 0. The molecule has 0 heterocycles. The van der Waals surface area contributed by atoms with Crippen LogP contribution in [-0.4, -0.2) is 0 Å². The average molecular weight is 341 g/mol. The van der Waals surface area contributed by atoms with Gasteiger partial charge in [0, 0.05) is 0 Å². The standard InChI is InChI=1S/7O.Ta.Ti. The van der Waals surface area contributed by atoms with E-state index < -0.39 is 25.6 Å². The Bertz CT molecular complexity index is 516. The topological polar surface area (TPSA) is 119 Å². The Labute approximate surface area is 48.4 Å². The summed E-state index contributed by atoms with van der Waals surface area (Å²) >= 11 is -15.7. The second-order valence-electron chi connectivity index (χ2n) is 1.47. The second-order valence-corrected chi connectivity index (χ2v) is 28.0. The normalized spacial score (nSPS) is 11.6. The van der Waals surface area contributed by atoms with Gasteiger partial charge in [0.15, 0.2) is 0 Å². The molecule has 0 aromatic carbocycles. The Morgan fingerprint density at radius 2 is 0.889 bits per heavy atom. The van der Waals surface area contributed by atoms with Gasteiger partial charge in [0.1, 0.15) is 0 Å². The van der Waals surface area contributed by atoms with Crippen LogP contribution in [-0.2, 0) is 48.5 Å². The van der Waals surface area contributed by atoms with Crippen molar-refractivity contribution < 1.29 is 48.5 Å². The van der Waals surface area contributed by atoms with Gasteiger partial charge in [-0.25, -0.2) is 0 Å². The Balaban J connectivity index is 7.42. The van der Waals surface area contributed by atoms with Crippen LogP contribution in [0, 0.1) is 0 Å². The molecule has 0 saturated heterocycles. The predicted molar refractivity (Wildman–Crippen MR) is 4.81 cm³/mol. The molecule has 0 aromatic heterocycles. The van der Waals surface area contributed by atoms with Crippen molar-refractivity contribution in [1.29, 1.82) is 0 Å². The van der Waals surface area contributed by atoms with Gasteiger partial charge in [0.05, 0.1) is 0 Å². The summed E-state index contributed by atoms with van der Waals surface area (Å²) in [5.74, 6) is 0. The molecule has 0 fully saturated rings. The van der Waals surface area contributed by atoms with E-state index in [0.29, 0.717) is 0 Å². The van der Waals surface area contributed by atoms with Crippen LogP contribution in [0.1, 0.15) is 0 Å². The van der Waals surface area contributed by atoms with Gasteiger partial charge in [0.2, 0.25) is 0 Å². The molecule has 0 aliphatic heterocycles. The molecular weight excluding hydrogens is 341 g/mol. The molecule has 0 atom stereocenters. The molecule has 0 aromatic rings. The van der Waals surface area contributed by atoms with E-state index in [-0.39, 0.29) is 0 Å². The van der Waals surface area contributed by atoms with Crippen LogP contribution in [0.15, 0.2) is 0 Å². The van der Waals surface area contributed by atoms with E-state index in [2.05, 4.69) is 0 Å². The number of rotatable bonds is 1. The van der Waals surface area contributed by atoms with E-state index in [4.69, 9.17) is 0 Å². The molecule has 7 nitrogen and oxygen atoms in total. The monoisotopic (exact) mass is 341 g/mol. The predicted octanol–water partition coefficient (Wildman–Crippen LogP) is -0.837. The van der Waals surface area contributed by atoms with Crippen molar-refractivity contribution in [2.24, 2.45) is 0 Å². The van der Waals surface area contributed by atoms with Crippen LogP contribution in [0.5, 0.6) is 0 Å². The van der Waals surface area contributed by atoms with Crippen molar-refractivity contribution in [2.45, 2.75) is 0 Å². The van der Waals surface area contributed by atoms with Crippen molar-refractivity contribution in [3.63, 3.8) is 0 Å². The van der Waals surface area contributed by atoms with Crippen molar-refractivity contribution >= 4 is 0 Å². The van der Waals surface area contributed by atoms with E-state index in [1.165, 1.54) is 0 Å². The Morgan fingerprint density at radius 1 is 0.778 bits per heavy atom. The summed E-state index contributed by atoms with van der Waals surface area (Å²) in [7, 11) is 0.